The Kier molecular flexibility index (Phi) is 6.48. The van der Waals surface area contributed by atoms with Gasteiger partial charge in [-0.25, -0.2) is 0 Å². The van der Waals surface area contributed by atoms with Crippen LogP contribution in [0.15, 0.2) is 16.5 Å². The molecule has 2 amide bonds. The molecule has 162 valence electrons. The van der Waals surface area contributed by atoms with Gasteiger partial charge in [-0.3, -0.25) is 14.4 Å². The summed E-state index contributed by atoms with van der Waals surface area (Å²) in [5.41, 5.74) is 3.54. The number of benzene rings is 1. The minimum Gasteiger partial charge on any atom is -0.466 e. The van der Waals surface area contributed by atoms with Gasteiger partial charge in [0, 0.05) is 31.1 Å². The second-order valence-corrected chi connectivity index (χ2v) is 8.03. The van der Waals surface area contributed by atoms with Crippen LogP contribution in [-0.2, 0) is 14.3 Å². The van der Waals surface area contributed by atoms with Crippen LogP contribution >= 0.6 is 0 Å². The van der Waals surface area contributed by atoms with E-state index in [9.17, 15) is 14.4 Å². The molecular weight excluding hydrogens is 384 g/mol. The van der Waals surface area contributed by atoms with Gasteiger partial charge in [0.25, 0.3) is 5.91 Å². The van der Waals surface area contributed by atoms with Crippen LogP contribution in [0.1, 0.15) is 47.0 Å². The van der Waals surface area contributed by atoms with Gasteiger partial charge in [-0.1, -0.05) is 12.1 Å². The zero-order chi connectivity index (χ0) is 22.0. The van der Waals surface area contributed by atoms with Crippen molar-refractivity contribution in [2.45, 2.75) is 40.5 Å². The quantitative estimate of drug-likeness (QED) is 0.702. The number of hydrogen-bond donors (Lipinski definition) is 0. The summed E-state index contributed by atoms with van der Waals surface area (Å²) in [5, 5.41) is 0.958. The van der Waals surface area contributed by atoms with Gasteiger partial charge in [-0.05, 0) is 51.7 Å². The molecule has 7 nitrogen and oxygen atoms in total. The van der Waals surface area contributed by atoms with Gasteiger partial charge in [-0.2, -0.15) is 0 Å². The second kappa shape index (κ2) is 8.90. The van der Waals surface area contributed by atoms with Crippen molar-refractivity contribution >= 4 is 28.8 Å². The Labute approximate surface area is 176 Å². The molecule has 0 radical (unpaired) electrons. The summed E-state index contributed by atoms with van der Waals surface area (Å²) in [6.07, 6.45) is 1.17. The molecule has 0 N–H and O–H groups in total. The molecule has 3 rings (SSSR count). The van der Waals surface area contributed by atoms with E-state index in [1.54, 1.807) is 18.9 Å². The van der Waals surface area contributed by atoms with Crippen LogP contribution in [0.2, 0.25) is 0 Å². The average molecular weight is 415 g/mol. The lowest BCUT2D eigenvalue weighted by Crippen LogP contribution is -2.45. The Morgan fingerprint density at radius 2 is 1.77 bits per heavy atom. The van der Waals surface area contributed by atoms with Crippen LogP contribution in [-0.4, -0.2) is 60.9 Å². The predicted octanol–water partition coefficient (Wildman–Crippen LogP) is 3.23. The monoisotopic (exact) mass is 414 g/mol. The number of rotatable bonds is 5. The molecule has 1 aromatic carbocycles. The summed E-state index contributed by atoms with van der Waals surface area (Å²) in [5.74, 6) is -0.508. The molecule has 0 aliphatic carbocycles. The zero-order valence-corrected chi connectivity index (χ0v) is 18.4. The number of carbonyl (C=O) groups excluding carboxylic acids is 3. The van der Waals surface area contributed by atoms with Crippen molar-refractivity contribution in [1.82, 2.24) is 9.80 Å². The maximum atomic E-state index is 13.0. The van der Waals surface area contributed by atoms with Crippen LogP contribution in [0.5, 0.6) is 0 Å². The molecule has 1 saturated heterocycles. The Balaban J connectivity index is 1.65. The maximum Gasteiger partial charge on any atom is 0.309 e. The third-order valence-corrected chi connectivity index (χ3v) is 5.86. The molecule has 2 aromatic rings. The Hall–Kier alpha value is -2.83. The van der Waals surface area contributed by atoms with Gasteiger partial charge >= 0.3 is 5.97 Å². The number of nitrogens with zero attached hydrogens (tertiary/aromatic N) is 2. The van der Waals surface area contributed by atoms with Gasteiger partial charge in [0.1, 0.15) is 5.58 Å². The summed E-state index contributed by atoms with van der Waals surface area (Å²) >= 11 is 0. The van der Waals surface area contributed by atoms with E-state index in [0.717, 1.165) is 27.7 Å². The predicted molar refractivity (Wildman–Crippen MR) is 113 cm³/mol. The van der Waals surface area contributed by atoms with E-state index in [2.05, 4.69) is 0 Å². The van der Waals surface area contributed by atoms with E-state index < -0.39 is 0 Å². The highest BCUT2D eigenvalue weighted by molar-refractivity contribution is 6.01. The van der Waals surface area contributed by atoms with Crippen LogP contribution in [0, 0.1) is 26.7 Å². The second-order valence-electron chi connectivity index (χ2n) is 8.03. The first kappa shape index (κ1) is 21.9. The fraction of sp³-hybridized carbons (Fsp3) is 0.522. The Morgan fingerprint density at radius 3 is 2.37 bits per heavy atom. The van der Waals surface area contributed by atoms with Crippen molar-refractivity contribution < 1.29 is 23.5 Å². The molecule has 7 heteroatoms. The highest BCUT2D eigenvalue weighted by Gasteiger charge is 2.30. The number of ether oxygens (including phenoxy) is 1. The maximum absolute atomic E-state index is 13.0. The van der Waals surface area contributed by atoms with Gasteiger partial charge in [0.05, 0.1) is 19.1 Å². The van der Waals surface area contributed by atoms with Gasteiger partial charge in [0.15, 0.2) is 5.76 Å². The largest absolute Gasteiger partial charge is 0.466 e. The summed E-state index contributed by atoms with van der Waals surface area (Å²) in [6.45, 7) is 8.93. The van der Waals surface area contributed by atoms with E-state index in [4.69, 9.17) is 9.15 Å². The highest BCUT2D eigenvalue weighted by Crippen LogP contribution is 2.31. The topological polar surface area (TPSA) is 80.1 Å². The molecule has 0 saturated carbocycles. The van der Waals surface area contributed by atoms with Gasteiger partial charge < -0.3 is 19.0 Å². The number of fused-ring (bicyclic) bond motifs is 1. The number of piperidine rings is 1. The molecule has 0 atom stereocenters. The fourth-order valence-corrected chi connectivity index (χ4v) is 4.05. The molecule has 2 heterocycles. The lowest BCUT2D eigenvalue weighted by atomic mass is 9.97. The first-order valence-corrected chi connectivity index (χ1v) is 10.4. The van der Waals surface area contributed by atoms with Crippen molar-refractivity contribution in [1.29, 1.82) is 0 Å². The van der Waals surface area contributed by atoms with Crippen LogP contribution in [0.3, 0.4) is 0 Å². The standard InChI is InChI=1S/C23H30N2O5/c1-6-29-23(28)17-9-11-25(12-10-17)18(26)13-24(5)22(27)21-16(4)19-14(2)7-8-15(3)20(19)30-21/h7-8,17H,6,9-13H2,1-5H3. The van der Waals surface area contributed by atoms with Crippen LogP contribution < -0.4 is 0 Å². The number of aryl methyl sites for hydroxylation is 3. The van der Waals surface area contributed by atoms with Gasteiger partial charge in [0.2, 0.25) is 5.91 Å². The molecule has 1 fully saturated rings. The van der Waals surface area contributed by atoms with E-state index >= 15 is 0 Å². The average Bonchev–Trinajstić information content (AvgIpc) is 3.09. The molecule has 0 unspecified atom stereocenters. The van der Waals surface area contributed by atoms with Crippen molar-refractivity contribution in [2.24, 2.45) is 5.92 Å². The highest BCUT2D eigenvalue weighted by atomic mass is 16.5. The lowest BCUT2D eigenvalue weighted by Gasteiger charge is -2.32. The smallest absolute Gasteiger partial charge is 0.309 e. The van der Waals surface area contributed by atoms with E-state index in [1.165, 1.54) is 4.90 Å². The number of esters is 1. The number of likely N-dealkylation sites (tertiary alicyclic amines) is 1. The number of hydrogen-bond acceptors (Lipinski definition) is 5. The lowest BCUT2D eigenvalue weighted by molar-refractivity contribution is -0.151. The van der Waals surface area contributed by atoms with Crippen molar-refractivity contribution in [3.8, 4) is 0 Å². The fourth-order valence-electron chi connectivity index (χ4n) is 4.05. The number of carbonyl (C=O) groups is 3. The minimum absolute atomic E-state index is 0.0304. The number of amides is 2. The van der Waals surface area contributed by atoms with Gasteiger partial charge in [-0.15, -0.1) is 0 Å². The van der Waals surface area contributed by atoms with Crippen molar-refractivity contribution in [2.75, 3.05) is 33.3 Å². The molecule has 1 aliphatic heterocycles. The van der Waals surface area contributed by atoms with E-state index in [-0.39, 0.29) is 36.0 Å². The minimum atomic E-state index is -0.308. The first-order chi connectivity index (χ1) is 14.2. The summed E-state index contributed by atoms with van der Waals surface area (Å²) in [6, 6.07) is 3.99. The first-order valence-electron chi connectivity index (χ1n) is 10.4. The van der Waals surface area contributed by atoms with Crippen LogP contribution in [0.4, 0.5) is 0 Å². The van der Waals surface area contributed by atoms with E-state index in [1.807, 2.05) is 32.9 Å². The van der Waals surface area contributed by atoms with E-state index in [0.29, 0.717) is 32.5 Å². The van der Waals surface area contributed by atoms with Crippen LogP contribution in [0.25, 0.3) is 11.0 Å². The molecular formula is C23H30N2O5. The zero-order valence-electron chi connectivity index (χ0n) is 18.4. The molecule has 1 aliphatic rings. The SMILES string of the molecule is CCOC(=O)C1CCN(C(=O)CN(C)C(=O)c2oc3c(C)ccc(C)c3c2C)CC1. The number of likely N-dealkylation sites (N-methyl/N-ethyl adjacent to an activating group) is 1. The normalized spacial score (nSPS) is 14.8. The Morgan fingerprint density at radius 1 is 1.13 bits per heavy atom. The molecule has 30 heavy (non-hydrogen) atoms. The molecule has 0 bridgehead atoms. The summed E-state index contributed by atoms with van der Waals surface area (Å²) < 4.78 is 11.0. The molecule has 1 aromatic heterocycles. The number of furan rings is 1. The third-order valence-electron chi connectivity index (χ3n) is 5.86. The van der Waals surface area contributed by atoms with Crippen molar-refractivity contribution in [3.63, 3.8) is 0 Å². The summed E-state index contributed by atoms with van der Waals surface area (Å²) in [4.78, 5) is 40.7. The molecule has 0 spiro atoms. The summed E-state index contributed by atoms with van der Waals surface area (Å²) in [7, 11) is 1.61. The Bertz CT molecular complexity index is 970. The van der Waals surface area contributed by atoms with Crippen molar-refractivity contribution in [3.05, 3.63) is 34.6 Å². The third kappa shape index (κ3) is 4.20.